The van der Waals surface area contributed by atoms with E-state index < -0.39 is 0 Å². The van der Waals surface area contributed by atoms with Gasteiger partial charge in [-0.15, -0.1) is 11.3 Å². The van der Waals surface area contributed by atoms with Crippen LogP contribution in [0.2, 0.25) is 0 Å². The largest absolute Gasteiger partial charge is 0.504 e. The summed E-state index contributed by atoms with van der Waals surface area (Å²) in [6.07, 6.45) is 9.43. The molecule has 4 aromatic rings. The number of hydrogen-bond acceptors (Lipinski definition) is 8. The summed E-state index contributed by atoms with van der Waals surface area (Å²) < 4.78 is 7.77. The summed E-state index contributed by atoms with van der Waals surface area (Å²) in [5.74, 6) is 1.84. The van der Waals surface area contributed by atoms with E-state index in [9.17, 15) is 9.90 Å². The number of nitrogens with zero attached hydrogens (tertiary/aromatic N) is 6. The van der Waals surface area contributed by atoms with E-state index in [-0.39, 0.29) is 11.7 Å². The lowest BCUT2D eigenvalue weighted by molar-refractivity contribution is 0.0739. The predicted octanol–water partition coefficient (Wildman–Crippen LogP) is 4.29. The topological polar surface area (TPSA) is 107 Å². The summed E-state index contributed by atoms with van der Waals surface area (Å²) in [5.41, 5.74) is 2.36. The lowest BCUT2D eigenvalue weighted by Gasteiger charge is -2.35. The van der Waals surface area contributed by atoms with E-state index in [1.807, 2.05) is 45.2 Å². The summed E-state index contributed by atoms with van der Waals surface area (Å²) in [4.78, 5) is 27.5. The first-order valence-corrected chi connectivity index (χ1v) is 13.5. The van der Waals surface area contributed by atoms with Crippen LogP contribution in [0.15, 0.2) is 48.1 Å². The van der Waals surface area contributed by atoms with Crippen LogP contribution in [-0.2, 0) is 0 Å². The number of aromatic hydroxyl groups is 1. The lowest BCUT2D eigenvalue weighted by atomic mass is 10.1. The summed E-state index contributed by atoms with van der Waals surface area (Å²) in [7, 11) is 0. The fraction of sp³-hybridized carbons (Fsp3) is 0.286. The summed E-state index contributed by atoms with van der Waals surface area (Å²) in [6.45, 7) is 2.98. The van der Waals surface area contributed by atoms with E-state index in [0.29, 0.717) is 61.4 Å². The van der Waals surface area contributed by atoms with Crippen molar-refractivity contribution in [1.29, 1.82) is 5.26 Å². The predicted molar refractivity (Wildman–Crippen MR) is 145 cm³/mol. The molecule has 0 unspecified atom stereocenters. The SMILES string of the molecule is N#Cc1ccc(N2CCN(C(=O)c3c(/C=C/c4cccc(O)c4OCC4CC4)nc4sccn34)CC2)nc1. The number of hydrogen-bond donors (Lipinski definition) is 1. The molecule has 1 aliphatic carbocycles. The molecule has 1 amide bonds. The number of phenols is 1. The van der Waals surface area contributed by atoms with Gasteiger partial charge < -0.3 is 19.6 Å². The lowest BCUT2D eigenvalue weighted by Crippen LogP contribution is -2.49. The Kier molecular flexibility index (Phi) is 6.43. The molecule has 0 atom stereocenters. The van der Waals surface area contributed by atoms with Crippen LogP contribution in [-0.4, -0.2) is 63.1 Å². The molecule has 1 aromatic carbocycles. The summed E-state index contributed by atoms with van der Waals surface area (Å²) in [5, 5.41) is 21.3. The Morgan fingerprint density at radius 1 is 1.18 bits per heavy atom. The number of para-hydroxylation sites is 1. The molecule has 0 spiro atoms. The van der Waals surface area contributed by atoms with Crippen LogP contribution in [0.1, 0.15) is 40.2 Å². The van der Waals surface area contributed by atoms with Gasteiger partial charge in [-0.3, -0.25) is 9.20 Å². The van der Waals surface area contributed by atoms with Crippen LogP contribution >= 0.6 is 11.3 Å². The zero-order chi connectivity index (χ0) is 26.1. The highest BCUT2D eigenvalue weighted by molar-refractivity contribution is 7.15. The third-order valence-electron chi connectivity index (χ3n) is 6.87. The summed E-state index contributed by atoms with van der Waals surface area (Å²) in [6, 6.07) is 11.0. The van der Waals surface area contributed by atoms with Crippen molar-refractivity contribution in [2.75, 3.05) is 37.7 Å². The first kappa shape index (κ1) is 24.0. The average molecular weight is 527 g/mol. The minimum Gasteiger partial charge on any atom is -0.504 e. The Morgan fingerprint density at radius 3 is 2.76 bits per heavy atom. The van der Waals surface area contributed by atoms with Crippen LogP contribution in [0.25, 0.3) is 17.1 Å². The van der Waals surface area contributed by atoms with Crippen molar-refractivity contribution in [3.63, 3.8) is 0 Å². The number of ether oxygens (including phenoxy) is 1. The van der Waals surface area contributed by atoms with Crippen molar-refractivity contribution in [2.24, 2.45) is 5.92 Å². The molecule has 1 N–H and O–H groups in total. The molecular weight excluding hydrogens is 500 g/mol. The van der Waals surface area contributed by atoms with Crippen LogP contribution in [0.3, 0.4) is 0 Å². The molecule has 192 valence electrons. The Hall–Kier alpha value is -4.36. The van der Waals surface area contributed by atoms with Gasteiger partial charge in [0, 0.05) is 49.5 Å². The van der Waals surface area contributed by atoms with Gasteiger partial charge in [0.2, 0.25) is 0 Å². The second-order valence-corrected chi connectivity index (χ2v) is 10.4. The third-order valence-corrected chi connectivity index (χ3v) is 7.62. The van der Waals surface area contributed by atoms with E-state index in [2.05, 4.69) is 16.0 Å². The molecule has 0 radical (unpaired) electrons. The fourth-order valence-electron chi connectivity index (χ4n) is 4.54. The molecule has 1 saturated heterocycles. The van der Waals surface area contributed by atoms with Gasteiger partial charge in [-0.05, 0) is 49.1 Å². The van der Waals surface area contributed by atoms with Gasteiger partial charge in [0.05, 0.1) is 17.9 Å². The number of imidazole rings is 1. The molecule has 2 fully saturated rings. The highest BCUT2D eigenvalue weighted by Crippen LogP contribution is 2.35. The highest BCUT2D eigenvalue weighted by Gasteiger charge is 2.28. The number of aromatic nitrogens is 3. The van der Waals surface area contributed by atoms with Gasteiger partial charge in [-0.1, -0.05) is 12.1 Å². The fourth-order valence-corrected chi connectivity index (χ4v) is 5.27. The van der Waals surface area contributed by atoms with Gasteiger partial charge in [0.15, 0.2) is 16.5 Å². The number of amides is 1. The first-order valence-electron chi connectivity index (χ1n) is 12.6. The number of carbonyl (C=O) groups is 1. The van der Waals surface area contributed by atoms with Crippen molar-refractivity contribution in [3.05, 3.63) is 70.6 Å². The molecule has 4 heterocycles. The third kappa shape index (κ3) is 4.80. The van der Waals surface area contributed by atoms with Gasteiger partial charge in [-0.25, -0.2) is 9.97 Å². The first-order chi connectivity index (χ1) is 18.6. The molecule has 2 aliphatic rings. The molecule has 1 aliphatic heterocycles. The maximum atomic E-state index is 13.7. The van der Waals surface area contributed by atoms with Crippen molar-refractivity contribution >= 4 is 40.2 Å². The minimum atomic E-state index is -0.0795. The zero-order valence-electron chi connectivity index (χ0n) is 20.7. The molecule has 3 aromatic heterocycles. The quantitative estimate of drug-likeness (QED) is 0.383. The Bertz CT molecular complexity index is 1540. The number of anilines is 1. The molecule has 6 rings (SSSR count). The number of nitriles is 1. The standard InChI is InChI=1S/C28H26N6O3S/c29-16-20-6-9-24(30-17-20)32-10-12-33(13-11-32)27(36)25-22(31-28-34(25)14-15-38-28)8-7-21-2-1-3-23(35)26(21)37-18-19-4-5-19/h1-3,6-9,14-15,17,19,35H,4-5,10-13,18H2/b8-7+. The van der Waals surface area contributed by atoms with E-state index in [1.165, 1.54) is 11.3 Å². The molecule has 9 nitrogen and oxygen atoms in total. The van der Waals surface area contributed by atoms with E-state index in [4.69, 9.17) is 15.0 Å². The van der Waals surface area contributed by atoms with Gasteiger partial charge >= 0.3 is 0 Å². The highest BCUT2D eigenvalue weighted by atomic mass is 32.1. The van der Waals surface area contributed by atoms with Crippen LogP contribution in [0.5, 0.6) is 11.5 Å². The number of thiazole rings is 1. The van der Waals surface area contributed by atoms with Crippen LogP contribution in [0, 0.1) is 17.2 Å². The Morgan fingerprint density at radius 2 is 2.03 bits per heavy atom. The molecule has 0 bridgehead atoms. The van der Waals surface area contributed by atoms with Gasteiger partial charge in [-0.2, -0.15) is 5.26 Å². The number of rotatable bonds is 7. The van der Waals surface area contributed by atoms with Crippen LogP contribution in [0.4, 0.5) is 5.82 Å². The van der Waals surface area contributed by atoms with Gasteiger partial charge in [0.1, 0.15) is 17.6 Å². The minimum absolute atomic E-state index is 0.0795. The Balaban J connectivity index is 1.22. The second kappa shape index (κ2) is 10.2. The van der Waals surface area contributed by atoms with Crippen molar-refractivity contribution in [2.45, 2.75) is 12.8 Å². The van der Waals surface area contributed by atoms with Crippen molar-refractivity contribution in [3.8, 4) is 17.6 Å². The number of carbonyl (C=O) groups excluding carboxylic acids is 1. The van der Waals surface area contributed by atoms with E-state index in [1.54, 1.807) is 24.4 Å². The smallest absolute Gasteiger partial charge is 0.273 e. The molecule has 10 heteroatoms. The normalized spacial score (nSPS) is 15.8. The van der Waals surface area contributed by atoms with Crippen molar-refractivity contribution in [1.82, 2.24) is 19.3 Å². The van der Waals surface area contributed by atoms with Crippen LogP contribution < -0.4 is 9.64 Å². The second-order valence-electron chi connectivity index (χ2n) is 9.48. The van der Waals surface area contributed by atoms with Crippen molar-refractivity contribution < 1.29 is 14.6 Å². The maximum absolute atomic E-state index is 13.7. The molecular formula is C28H26N6O3S. The number of piperazine rings is 1. The van der Waals surface area contributed by atoms with E-state index >= 15 is 0 Å². The number of benzene rings is 1. The number of phenolic OH excluding ortho intramolecular Hbond substituents is 1. The number of pyridine rings is 1. The van der Waals surface area contributed by atoms with E-state index in [0.717, 1.165) is 29.2 Å². The van der Waals surface area contributed by atoms with Gasteiger partial charge in [0.25, 0.3) is 5.91 Å². The maximum Gasteiger partial charge on any atom is 0.273 e. The Labute approximate surface area is 223 Å². The molecule has 1 saturated carbocycles. The monoisotopic (exact) mass is 526 g/mol. The number of fused-ring (bicyclic) bond motifs is 1. The zero-order valence-corrected chi connectivity index (χ0v) is 21.5. The average Bonchev–Trinajstić information content (AvgIpc) is 3.56. The summed E-state index contributed by atoms with van der Waals surface area (Å²) >= 11 is 1.48. The molecule has 38 heavy (non-hydrogen) atoms.